The average molecular weight is 482 g/mol. The van der Waals surface area contributed by atoms with Crippen LogP contribution < -0.4 is 15.6 Å². The van der Waals surface area contributed by atoms with Gasteiger partial charge in [0.25, 0.3) is 8.24 Å². The van der Waals surface area contributed by atoms with E-state index in [0.717, 1.165) is 12.5 Å². The standard InChI is InChI=1S/C30H35NOSi2/c1-5-26-24-25(16-15-23-33(2,3)4)30(32)31(26)34(27-17-9-6-10-18-27,28-19-11-7-12-20-28)29-21-13-8-14-22-29/h5-22,25-26H,1,23-24H2,2-4H3/b16-15+/t25-,26+/m1/s1. The van der Waals surface area contributed by atoms with Crippen molar-refractivity contribution in [2.75, 3.05) is 0 Å². The SMILES string of the molecule is C=C[C@H]1C[C@@H](/C=C/C[Si](C)(C)C)C(=O)N1[Si](c1ccccc1)(c1ccccc1)c1ccccc1. The van der Waals surface area contributed by atoms with Gasteiger partial charge in [0.05, 0.1) is 5.92 Å². The van der Waals surface area contributed by atoms with Crippen molar-refractivity contribution in [3.8, 4) is 0 Å². The van der Waals surface area contributed by atoms with Crippen LogP contribution in [-0.4, -0.2) is 32.8 Å². The van der Waals surface area contributed by atoms with E-state index in [4.69, 9.17) is 0 Å². The molecule has 4 heteroatoms. The molecule has 0 N–H and O–H groups in total. The molecule has 0 unspecified atom stereocenters. The predicted molar refractivity (Wildman–Crippen MR) is 150 cm³/mol. The monoisotopic (exact) mass is 481 g/mol. The van der Waals surface area contributed by atoms with Gasteiger partial charge < -0.3 is 4.57 Å². The first-order valence-corrected chi connectivity index (χ1v) is 17.8. The van der Waals surface area contributed by atoms with Gasteiger partial charge in [-0.3, -0.25) is 4.79 Å². The molecule has 1 heterocycles. The summed E-state index contributed by atoms with van der Waals surface area (Å²) in [6.45, 7) is 11.3. The highest BCUT2D eigenvalue weighted by Crippen LogP contribution is 2.32. The third kappa shape index (κ3) is 4.66. The maximum absolute atomic E-state index is 14.3. The fourth-order valence-corrected chi connectivity index (χ4v) is 11.0. The molecule has 4 rings (SSSR count). The van der Waals surface area contributed by atoms with Crippen molar-refractivity contribution in [3.63, 3.8) is 0 Å². The molecule has 1 aliphatic rings. The topological polar surface area (TPSA) is 20.3 Å². The second-order valence-electron chi connectivity index (χ2n) is 10.4. The van der Waals surface area contributed by atoms with Crippen LogP contribution in [0.4, 0.5) is 0 Å². The zero-order valence-corrected chi connectivity index (χ0v) is 22.5. The van der Waals surface area contributed by atoms with E-state index in [-0.39, 0.29) is 17.9 Å². The van der Waals surface area contributed by atoms with Crippen molar-refractivity contribution in [2.45, 2.75) is 38.1 Å². The van der Waals surface area contributed by atoms with Gasteiger partial charge in [-0.25, -0.2) is 0 Å². The molecule has 174 valence electrons. The molecule has 2 atom stereocenters. The summed E-state index contributed by atoms with van der Waals surface area (Å²) in [6, 6.07) is 33.0. The van der Waals surface area contributed by atoms with Gasteiger partial charge in [-0.2, -0.15) is 0 Å². The van der Waals surface area contributed by atoms with Gasteiger partial charge in [-0.1, -0.05) is 129 Å². The molecule has 0 aromatic heterocycles. The maximum Gasteiger partial charge on any atom is 0.255 e. The lowest BCUT2D eigenvalue weighted by molar-refractivity contribution is -0.126. The van der Waals surface area contributed by atoms with Gasteiger partial charge in [0.2, 0.25) is 5.91 Å². The van der Waals surface area contributed by atoms with Crippen LogP contribution in [0.15, 0.2) is 116 Å². The Kier molecular flexibility index (Phi) is 7.20. The third-order valence-corrected chi connectivity index (χ3v) is 12.9. The van der Waals surface area contributed by atoms with Crippen LogP contribution >= 0.6 is 0 Å². The number of nitrogens with zero attached hydrogens (tertiary/aromatic N) is 1. The lowest BCUT2D eigenvalue weighted by Crippen LogP contribution is -2.78. The minimum atomic E-state index is -2.87. The van der Waals surface area contributed by atoms with Gasteiger partial charge in [0.1, 0.15) is 0 Å². The number of carbonyl (C=O) groups is 1. The summed E-state index contributed by atoms with van der Waals surface area (Å²) in [7, 11) is -4.08. The average Bonchev–Trinajstić information content (AvgIpc) is 3.17. The van der Waals surface area contributed by atoms with Crippen molar-refractivity contribution >= 4 is 37.8 Å². The number of rotatable bonds is 8. The number of hydrogen-bond donors (Lipinski definition) is 0. The lowest BCUT2D eigenvalue weighted by Gasteiger charge is -2.44. The van der Waals surface area contributed by atoms with E-state index in [1.54, 1.807) is 0 Å². The van der Waals surface area contributed by atoms with Crippen molar-refractivity contribution in [3.05, 3.63) is 116 Å². The molecular formula is C30H35NOSi2. The van der Waals surface area contributed by atoms with E-state index in [9.17, 15) is 4.79 Å². The predicted octanol–water partition coefficient (Wildman–Crippen LogP) is 4.95. The third-order valence-electron chi connectivity index (χ3n) is 6.69. The Hall–Kier alpha value is -2.96. The first kappa shape index (κ1) is 24.2. The summed E-state index contributed by atoms with van der Waals surface area (Å²) in [5, 5.41) is 3.66. The highest BCUT2D eigenvalue weighted by atomic mass is 28.3. The maximum atomic E-state index is 14.3. The van der Waals surface area contributed by atoms with Crippen LogP contribution in [-0.2, 0) is 4.79 Å². The van der Waals surface area contributed by atoms with Gasteiger partial charge in [-0.05, 0) is 28.0 Å². The van der Waals surface area contributed by atoms with Gasteiger partial charge in [-0.15, -0.1) is 6.58 Å². The smallest absolute Gasteiger partial charge is 0.255 e. The van der Waals surface area contributed by atoms with Crippen LogP contribution in [0, 0.1) is 5.92 Å². The number of amides is 1. The molecule has 1 aliphatic heterocycles. The summed E-state index contributed by atoms with van der Waals surface area (Å²) in [4.78, 5) is 14.3. The molecule has 2 nitrogen and oxygen atoms in total. The Morgan fingerprint density at radius 3 is 1.65 bits per heavy atom. The number of carbonyl (C=O) groups excluding carboxylic acids is 1. The molecule has 34 heavy (non-hydrogen) atoms. The Labute approximate surface area is 206 Å². The Balaban J connectivity index is 1.93. The second-order valence-corrected chi connectivity index (χ2v) is 19.5. The molecule has 0 radical (unpaired) electrons. The minimum Gasteiger partial charge on any atom is -0.350 e. The molecule has 1 saturated heterocycles. The van der Waals surface area contributed by atoms with E-state index >= 15 is 0 Å². The van der Waals surface area contributed by atoms with Crippen LogP contribution in [0.5, 0.6) is 0 Å². The fourth-order valence-electron chi connectivity index (χ4n) is 5.13. The molecule has 1 amide bonds. The number of hydrogen-bond acceptors (Lipinski definition) is 1. The van der Waals surface area contributed by atoms with Gasteiger partial charge in [0, 0.05) is 14.1 Å². The highest BCUT2D eigenvalue weighted by Gasteiger charge is 2.54. The summed E-state index contributed by atoms with van der Waals surface area (Å²) in [5.74, 6) is 0.113. The zero-order valence-electron chi connectivity index (χ0n) is 20.5. The van der Waals surface area contributed by atoms with E-state index in [2.05, 4.69) is 134 Å². The van der Waals surface area contributed by atoms with Gasteiger partial charge in [0.15, 0.2) is 0 Å². The van der Waals surface area contributed by atoms with Crippen LogP contribution in [0.1, 0.15) is 6.42 Å². The summed E-state index contributed by atoms with van der Waals surface area (Å²) >= 11 is 0. The van der Waals surface area contributed by atoms with Crippen molar-refractivity contribution in [1.82, 2.24) is 4.57 Å². The number of benzene rings is 3. The summed E-state index contributed by atoms with van der Waals surface area (Å²) in [6.07, 6.45) is 7.21. The molecular weight excluding hydrogens is 447 g/mol. The van der Waals surface area contributed by atoms with E-state index in [1.165, 1.54) is 15.6 Å². The molecule has 3 aromatic rings. The first-order valence-electron chi connectivity index (χ1n) is 12.2. The largest absolute Gasteiger partial charge is 0.350 e. The molecule has 0 spiro atoms. The fraction of sp³-hybridized carbons (Fsp3) is 0.233. The van der Waals surface area contributed by atoms with E-state index < -0.39 is 16.3 Å². The molecule has 0 bridgehead atoms. The van der Waals surface area contributed by atoms with Crippen LogP contribution in [0.25, 0.3) is 0 Å². The minimum absolute atomic E-state index is 0.0127. The molecule has 0 saturated carbocycles. The van der Waals surface area contributed by atoms with Gasteiger partial charge >= 0.3 is 0 Å². The van der Waals surface area contributed by atoms with Crippen molar-refractivity contribution in [2.24, 2.45) is 5.92 Å². The first-order chi connectivity index (χ1) is 16.4. The molecule has 3 aromatic carbocycles. The molecule has 1 fully saturated rings. The van der Waals surface area contributed by atoms with Crippen molar-refractivity contribution in [1.29, 1.82) is 0 Å². The van der Waals surface area contributed by atoms with Crippen LogP contribution in [0.3, 0.4) is 0 Å². The Bertz CT molecular complexity index is 1040. The van der Waals surface area contributed by atoms with Crippen LogP contribution in [0.2, 0.25) is 25.7 Å². The quantitative estimate of drug-likeness (QED) is 0.253. The highest BCUT2D eigenvalue weighted by molar-refractivity contribution is 7.10. The molecule has 0 aliphatic carbocycles. The second kappa shape index (κ2) is 10.1. The Morgan fingerprint density at radius 2 is 1.26 bits per heavy atom. The lowest BCUT2D eigenvalue weighted by atomic mass is 10.0. The summed E-state index contributed by atoms with van der Waals surface area (Å²) < 4.78 is 2.24. The Morgan fingerprint density at radius 1 is 0.824 bits per heavy atom. The summed E-state index contributed by atoms with van der Waals surface area (Å²) in [5.41, 5.74) is 0. The zero-order chi connectivity index (χ0) is 24.2. The van der Waals surface area contributed by atoms with Crippen molar-refractivity contribution < 1.29 is 4.79 Å². The van der Waals surface area contributed by atoms with E-state index in [1.807, 2.05) is 6.08 Å². The normalized spacial score (nSPS) is 19.0. The van der Waals surface area contributed by atoms with E-state index in [0.29, 0.717) is 0 Å². The number of allylic oxidation sites excluding steroid dienone is 1.